The molecule has 1 saturated carbocycles. The number of carbonyl (C=O) groups is 1. The van der Waals surface area contributed by atoms with Crippen molar-refractivity contribution >= 4 is 12.0 Å². The minimum Gasteiger partial charge on any atom is -0.497 e. The Morgan fingerprint density at radius 2 is 1.95 bits per heavy atom. The molecule has 0 atom stereocenters. The van der Waals surface area contributed by atoms with Gasteiger partial charge >= 0.3 is 5.97 Å². The first-order valence-corrected chi connectivity index (χ1v) is 7.45. The summed E-state index contributed by atoms with van der Waals surface area (Å²) in [6, 6.07) is 5.46. The lowest BCUT2D eigenvalue weighted by Gasteiger charge is -2.19. The highest BCUT2D eigenvalue weighted by Crippen LogP contribution is 2.29. The summed E-state index contributed by atoms with van der Waals surface area (Å²) in [5.41, 5.74) is 0.766. The van der Waals surface area contributed by atoms with Crippen molar-refractivity contribution in [3.8, 4) is 11.5 Å². The van der Waals surface area contributed by atoms with Crippen LogP contribution in [0.4, 0.5) is 0 Å². The van der Waals surface area contributed by atoms with Gasteiger partial charge < -0.3 is 14.6 Å². The zero-order chi connectivity index (χ0) is 15.1. The molecule has 4 nitrogen and oxygen atoms in total. The maximum atomic E-state index is 10.7. The second kappa shape index (κ2) is 7.72. The minimum absolute atomic E-state index is 0.205. The van der Waals surface area contributed by atoms with Crippen LogP contribution in [0.2, 0.25) is 0 Å². The van der Waals surface area contributed by atoms with Crippen molar-refractivity contribution in [2.75, 3.05) is 7.11 Å². The van der Waals surface area contributed by atoms with Gasteiger partial charge in [0.2, 0.25) is 0 Å². The van der Waals surface area contributed by atoms with E-state index in [1.807, 2.05) is 18.2 Å². The summed E-state index contributed by atoms with van der Waals surface area (Å²) >= 11 is 0. The Balaban J connectivity index is 2.19. The van der Waals surface area contributed by atoms with Crippen LogP contribution in [0, 0.1) is 0 Å². The van der Waals surface area contributed by atoms with Crippen LogP contribution in [0.3, 0.4) is 0 Å². The van der Waals surface area contributed by atoms with Gasteiger partial charge in [-0.2, -0.15) is 0 Å². The molecule has 1 aliphatic carbocycles. The standard InChI is InChI=1S/C17H22O4/c1-20-15-10-8-13(9-11-17(18)19)16(12-15)21-14-6-4-2-3-5-7-14/h8-12,14H,2-7H2,1H3,(H,18,19)/b11-9+. The van der Waals surface area contributed by atoms with Crippen molar-refractivity contribution in [3.63, 3.8) is 0 Å². The molecule has 0 spiro atoms. The third kappa shape index (κ3) is 4.81. The number of methoxy groups -OCH3 is 1. The van der Waals surface area contributed by atoms with Crippen molar-refractivity contribution < 1.29 is 19.4 Å². The second-order valence-electron chi connectivity index (χ2n) is 5.31. The van der Waals surface area contributed by atoms with E-state index in [1.165, 1.54) is 25.7 Å². The molecular formula is C17H22O4. The molecule has 4 heteroatoms. The first-order valence-electron chi connectivity index (χ1n) is 7.45. The zero-order valence-electron chi connectivity index (χ0n) is 12.4. The Morgan fingerprint density at radius 3 is 2.57 bits per heavy atom. The van der Waals surface area contributed by atoms with Crippen molar-refractivity contribution in [3.05, 3.63) is 29.8 Å². The molecule has 0 unspecified atom stereocenters. The van der Waals surface area contributed by atoms with Crippen LogP contribution in [-0.4, -0.2) is 24.3 Å². The SMILES string of the molecule is COc1ccc(/C=C/C(=O)O)c(OC2CCCCCC2)c1. The number of ether oxygens (including phenoxy) is 2. The van der Waals surface area contributed by atoms with Gasteiger partial charge in [0.25, 0.3) is 0 Å². The summed E-state index contributed by atoms with van der Waals surface area (Å²) in [5.74, 6) is 0.441. The quantitative estimate of drug-likeness (QED) is 0.660. The van der Waals surface area contributed by atoms with E-state index in [-0.39, 0.29) is 6.10 Å². The molecule has 1 aromatic rings. The topological polar surface area (TPSA) is 55.8 Å². The van der Waals surface area contributed by atoms with Gasteiger partial charge in [-0.15, -0.1) is 0 Å². The van der Waals surface area contributed by atoms with Gasteiger partial charge in [0.05, 0.1) is 13.2 Å². The van der Waals surface area contributed by atoms with Crippen LogP contribution >= 0.6 is 0 Å². The largest absolute Gasteiger partial charge is 0.497 e. The Morgan fingerprint density at radius 1 is 1.24 bits per heavy atom. The number of aliphatic carboxylic acids is 1. The van der Waals surface area contributed by atoms with Crippen LogP contribution in [-0.2, 0) is 4.79 Å². The van der Waals surface area contributed by atoms with Crippen LogP contribution in [0.25, 0.3) is 6.08 Å². The third-order valence-electron chi connectivity index (χ3n) is 3.72. The van der Waals surface area contributed by atoms with E-state index >= 15 is 0 Å². The van der Waals surface area contributed by atoms with E-state index in [1.54, 1.807) is 13.2 Å². The van der Waals surface area contributed by atoms with E-state index in [0.29, 0.717) is 11.5 Å². The summed E-state index contributed by atoms with van der Waals surface area (Å²) in [4.78, 5) is 10.7. The van der Waals surface area contributed by atoms with Gasteiger partial charge in [-0.3, -0.25) is 0 Å². The first kappa shape index (κ1) is 15.4. The average molecular weight is 290 g/mol. The predicted molar refractivity (Wildman–Crippen MR) is 81.8 cm³/mol. The molecule has 1 N–H and O–H groups in total. The van der Waals surface area contributed by atoms with Gasteiger partial charge in [-0.1, -0.05) is 12.8 Å². The van der Waals surface area contributed by atoms with Crippen LogP contribution in [0.1, 0.15) is 44.1 Å². The molecular weight excluding hydrogens is 268 g/mol. The fraction of sp³-hybridized carbons (Fsp3) is 0.471. The molecule has 21 heavy (non-hydrogen) atoms. The molecule has 1 aromatic carbocycles. The molecule has 114 valence electrons. The number of carboxylic acid groups (broad SMARTS) is 1. The van der Waals surface area contributed by atoms with E-state index in [9.17, 15) is 4.79 Å². The van der Waals surface area contributed by atoms with E-state index in [4.69, 9.17) is 14.6 Å². The van der Waals surface area contributed by atoms with Gasteiger partial charge in [-0.25, -0.2) is 4.79 Å². The fourth-order valence-corrected chi connectivity index (χ4v) is 2.58. The molecule has 0 aliphatic heterocycles. The summed E-state index contributed by atoms with van der Waals surface area (Å²) in [6.45, 7) is 0. The van der Waals surface area contributed by atoms with Crippen molar-refractivity contribution in [1.29, 1.82) is 0 Å². The van der Waals surface area contributed by atoms with E-state index < -0.39 is 5.97 Å². The lowest BCUT2D eigenvalue weighted by atomic mass is 10.1. The predicted octanol–water partition coefficient (Wildman–Crippen LogP) is 3.89. The lowest BCUT2D eigenvalue weighted by Crippen LogP contribution is -2.15. The summed E-state index contributed by atoms with van der Waals surface area (Å²) in [6.07, 6.45) is 9.92. The fourth-order valence-electron chi connectivity index (χ4n) is 2.58. The third-order valence-corrected chi connectivity index (χ3v) is 3.72. The molecule has 0 radical (unpaired) electrons. The Kier molecular flexibility index (Phi) is 5.67. The van der Waals surface area contributed by atoms with E-state index in [0.717, 1.165) is 24.5 Å². The highest BCUT2D eigenvalue weighted by molar-refractivity contribution is 5.86. The minimum atomic E-state index is -0.966. The Bertz CT molecular complexity index is 500. The molecule has 0 aromatic heterocycles. The first-order chi connectivity index (χ1) is 10.2. The highest BCUT2D eigenvalue weighted by Gasteiger charge is 2.15. The van der Waals surface area contributed by atoms with Gasteiger partial charge in [0, 0.05) is 17.7 Å². The smallest absolute Gasteiger partial charge is 0.328 e. The van der Waals surface area contributed by atoms with Crippen molar-refractivity contribution in [1.82, 2.24) is 0 Å². The highest BCUT2D eigenvalue weighted by atomic mass is 16.5. The number of hydrogen-bond donors (Lipinski definition) is 1. The number of rotatable bonds is 5. The lowest BCUT2D eigenvalue weighted by molar-refractivity contribution is -0.131. The normalized spacial score (nSPS) is 16.6. The van der Waals surface area contributed by atoms with E-state index in [2.05, 4.69) is 0 Å². The second-order valence-corrected chi connectivity index (χ2v) is 5.31. The number of benzene rings is 1. The maximum Gasteiger partial charge on any atom is 0.328 e. The van der Waals surface area contributed by atoms with Crippen LogP contribution in [0.15, 0.2) is 24.3 Å². The van der Waals surface area contributed by atoms with Gasteiger partial charge in [0.1, 0.15) is 11.5 Å². The van der Waals surface area contributed by atoms with Crippen LogP contribution < -0.4 is 9.47 Å². The van der Waals surface area contributed by atoms with Gasteiger partial charge in [0.15, 0.2) is 0 Å². The number of carboxylic acids is 1. The van der Waals surface area contributed by atoms with Crippen LogP contribution in [0.5, 0.6) is 11.5 Å². The average Bonchev–Trinajstić information content (AvgIpc) is 2.74. The van der Waals surface area contributed by atoms with Gasteiger partial charge in [-0.05, 0) is 43.9 Å². The number of hydrogen-bond acceptors (Lipinski definition) is 3. The monoisotopic (exact) mass is 290 g/mol. The Labute approximate surface area is 125 Å². The summed E-state index contributed by atoms with van der Waals surface area (Å²) in [7, 11) is 1.61. The molecule has 1 fully saturated rings. The van der Waals surface area contributed by atoms with Crippen molar-refractivity contribution in [2.45, 2.75) is 44.6 Å². The molecule has 0 bridgehead atoms. The Hall–Kier alpha value is -1.97. The maximum absolute atomic E-state index is 10.7. The molecule has 0 amide bonds. The summed E-state index contributed by atoms with van der Waals surface area (Å²) < 4.78 is 11.3. The summed E-state index contributed by atoms with van der Waals surface area (Å²) in [5, 5.41) is 8.77. The zero-order valence-corrected chi connectivity index (χ0v) is 12.4. The molecule has 2 rings (SSSR count). The molecule has 0 saturated heterocycles. The van der Waals surface area contributed by atoms with Crippen molar-refractivity contribution in [2.24, 2.45) is 0 Å². The molecule has 1 aliphatic rings. The molecule has 0 heterocycles.